The third-order valence-corrected chi connectivity index (χ3v) is 2.65. The van der Waals surface area contributed by atoms with E-state index in [-0.39, 0.29) is 13.2 Å². The quantitative estimate of drug-likeness (QED) is 0.937. The van der Waals surface area contributed by atoms with E-state index in [4.69, 9.17) is 9.84 Å². The van der Waals surface area contributed by atoms with Crippen molar-refractivity contribution in [2.45, 2.75) is 19.4 Å². The lowest BCUT2D eigenvalue weighted by Gasteiger charge is -2.09. The van der Waals surface area contributed by atoms with Crippen molar-refractivity contribution in [3.05, 3.63) is 59.4 Å². The van der Waals surface area contributed by atoms with Crippen molar-refractivity contribution in [3.8, 4) is 5.75 Å². The van der Waals surface area contributed by atoms with Crippen molar-refractivity contribution in [2.24, 2.45) is 0 Å². The molecule has 0 bridgehead atoms. The van der Waals surface area contributed by atoms with Gasteiger partial charge in [0.15, 0.2) is 0 Å². The second-order valence-corrected chi connectivity index (χ2v) is 4.13. The molecule has 20 heavy (non-hydrogen) atoms. The Balaban J connectivity index is 1.96. The minimum Gasteiger partial charge on any atom is -0.487 e. The summed E-state index contributed by atoms with van der Waals surface area (Å²) in [5.74, 6) is 0.488. The van der Waals surface area contributed by atoms with Crippen LogP contribution in [-0.2, 0) is 19.4 Å². The fourth-order valence-electron chi connectivity index (χ4n) is 1.55. The Kier molecular flexibility index (Phi) is 4.24. The molecule has 0 saturated heterocycles. The van der Waals surface area contributed by atoms with Gasteiger partial charge in [0.2, 0.25) is 0 Å². The fourth-order valence-corrected chi connectivity index (χ4v) is 1.55. The van der Waals surface area contributed by atoms with E-state index in [1.165, 1.54) is 18.3 Å². The van der Waals surface area contributed by atoms with Gasteiger partial charge in [-0.2, -0.15) is 13.2 Å². The molecular weight excluding hydrogens is 271 g/mol. The molecule has 0 fully saturated rings. The lowest BCUT2D eigenvalue weighted by Crippen LogP contribution is -2.05. The minimum atomic E-state index is -4.33. The smallest absolute Gasteiger partial charge is 0.416 e. The van der Waals surface area contributed by atoms with E-state index in [2.05, 4.69) is 4.98 Å². The van der Waals surface area contributed by atoms with Gasteiger partial charge in [-0.3, -0.25) is 4.98 Å². The number of rotatable bonds is 4. The molecule has 0 amide bonds. The fraction of sp³-hybridized carbons (Fsp3) is 0.214. The van der Waals surface area contributed by atoms with E-state index in [0.717, 1.165) is 12.1 Å². The van der Waals surface area contributed by atoms with Gasteiger partial charge in [-0.05, 0) is 29.8 Å². The van der Waals surface area contributed by atoms with Crippen LogP contribution in [0.25, 0.3) is 0 Å². The number of hydrogen-bond donors (Lipinski definition) is 1. The maximum atomic E-state index is 12.4. The summed E-state index contributed by atoms with van der Waals surface area (Å²) in [7, 11) is 0. The van der Waals surface area contributed by atoms with Crippen molar-refractivity contribution in [2.75, 3.05) is 0 Å². The van der Waals surface area contributed by atoms with Crippen LogP contribution in [0, 0.1) is 0 Å². The molecule has 0 unspecified atom stereocenters. The van der Waals surface area contributed by atoms with Crippen LogP contribution in [0.15, 0.2) is 42.6 Å². The lowest BCUT2D eigenvalue weighted by atomic mass is 10.1. The molecule has 1 aromatic carbocycles. The molecule has 1 heterocycles. The van der Waals surface area contributed by atoms with Crippen LogP contribution in [0.1, 0.15) is 16.8 Å². The Morgan fingerprint density at radius 3 is 2.25 bits per heavy atom. The Labute approximate surface area is 113 Å². The maximum absolute atomic E-state index is 12.4. The van der Waals surface area contributed by atoms with Crippen molar-refractivity contribution in [3.63, 3.8) is 0 Å². The molecule has 0 saturated carbocycles. The van der Waals surface area contributed by atoms with Gasteiger partial charge in [0.1, 0.15) is 12.4 Å². The number of nitrogens with zero attached hydrogens (tertiary/aromatic N) is 1. The van der Waals surface area contributed by atoms with Gasteiger partial charge in [-0.25, -0.2) is 0 Å². The molecule has 0 atom stereocenters. The Morgan fingerprint density at radius 1 is 1.05 bits per heavy atom. The van der Waals surface area contributed by atoms with E-state index in [0.29, 0.717) is 17.0 Å². The summed E-state index contributed by atoms with van der Waals surface area (Å²) < 4.78 is 42.5. The summed E-state index contributed by atoms with van der Waals surface area (Å²) in [5.41, 5.74) is 0.464. The van der Waals surface area contributed by atoms with Gasteiger partial charge in [0.25, 0.3) is 0 Å². The van der Waals surface area contributed by atoms with Crippen LogP contribution in [0.3, 0.4) is 0 Å². The molecule has 0 radical (unpaired) electrons. The van der Waals surface area contributed by atoms with E-state index in [1.807, 2.05) is 0 Å². The first-order valence-corrected chi connectivity index (χ1v) is 5.84. The largest absolute Gasteiger partial charge is 0.487 e. The Hall–Kier alpha value is -2.08. The average molecular weight is 283 g/mol. The third kappa shape index (κ3) is 3.71. The predicted molar refractivity (Wildman–Crippen MR) is 65.9 cm³/mol. The maximum Gasteiger partial charge on any atom is 0.416 e. The van der Waals surface area contributed by atoms with E-state index >= 15 is 0 Å². The molecular formula is C14H12F3NO2. The van der Waals surface area contributed by atoms with Crippen molar-refractivity contribution in [1.82, 2.24) is 4.98 Å². The number of aliphatic hydroxyl groups excluding tert-OH is 1. The average Bonchev–Trinajstić information content (AvgIpc) is 2.45. The van der Waals surface area contributed by atoms with Crippen LogP contribution < -0.4 is 4.74 Å². The van der Waals surface area contributed by atoms with Gasteiger partial charge in [0.05, 0.1) is 24.1 Å². The van der Waals surface area contributed by atoms with E-state index in [1.54, 1.807) is 12.1 Å². The highest BCUT2D eigenvalue weighted by Crippen LogP contribution is 2.29. The number of halogens is 3. The molecule has 2 aromatic rings. The summed E-state index contributed by atoms with van der Waals surface area (Å²) in [6, 6.07) is 8.04. The molecule has 106 valence electrons. The first kappa shape index (κ1) is 14.3. The highest BCUT2D eigenvalue weighted by Gasteiger charge is 2.29. The zero-order chi connectivity index (χ0) is 14.6. The molecule has 1 aromatic heterocycles. The van der Waals surface area contributed by atoms with Crippen LogP contribution in [0.4, 0.5) is 13.2 Å². The molecule has 2 rings (SSSR count). The van der Waals surface area contributed by atoms with Crippen LogP contribution in [-0.4, -0.2) is 10.1 Å². The first-order chi connectivity index (χ1) is 9.49. The van der Waals surface area contributed by atoms with Crippen LogP contribution >= 0.6 is 0 Å². The number of hydrogen-bond acceptors (Lipinski definition) is 3. The second-order valence-electron chi connectivity index (χ2n) is 4.13. The van der Waals surface area contributed by atoms with Gasteiger partial charge in [-0.15, -0.1) is 0 Å². The van der Waals surface area contributed by atoms with Gasteiger partial charge >= 0.3 is 6.18 Å². The van der Waals surface area contributed by atoms with Crippen molar-refractivity contribution >= 4 is 0 Å². The normalized spacial score (nSPS) is 11.4. The molecule has 0 aliphatic heterocycles. The standard InChI is InChI=1S/C14H12F3NO2/c15-14(16,17)11-3-1-10(2-4-11)9-20-13-6-5-12(8-19)18-7-13/h1-7,19H,8-9H2. The van der Waals surface area contributed by atoms with Crippen LogP contribution in [0.2, 0.25) is 0 Å². The highest BCUT2D eigenvalue weighted by atomic mass is 19.4. The van der Waals surface area contributed by atoms with Gasteiger partial charge in [-0.1, -0.05) is 12.1 Å². The summed E-state index contributed by atoms with van der Waals surface area (Å²) >= 11 is 0. The molecule has 0 spiro atoms. The second kappa shape index (κ2) is 5.92. The Morgan fingerprint density at radius 2 is 1.75 bits per heavy atom. The molecule has 6 heteroatoms. The summed E-state index contributed by atoms with van der Waals surface area (Å²) in [4.78, 5) is 3.93. The summed E-state index contributed by atoms with van der Waals surface area (Å²) in [5, 5.41) is 8.83. The zero-order valence-corrected chi connectivity index (χ0v) is 10.4. The number of alkyl halides is 3. The Bertz CT molecular complexity index is 550. The number of benzene rings is 1. The molecule has 0 aliphatic carbocycles. The summed E-state index contributed by atoms with van der Waals surface area (Å²) in [6.07, 6.45) is -2.88. The topological polar surface area (TPSA) is 42.4 Å². The van der Waals surface area contributed by atoms with Crippen LogP contribution in [0.5, 0.6) is 5.75 Å². The van der Waals surface area contributed by atoms with Crippen molar-refractivity contribution in [1.29, 1.82) is 0 Å². The zero-order valence-electron chi connectivity index (χ0n) is 10.4. The monoisotopic (exact) mass is 283 g/mol. The van der Waals surface area contributed by atoms with E-state index < -0.39 is 11.7 Å². The molecule has 0 aliphatic rings. The SMILES string of the molecule is OCc1ccc(OCc2ccc(C(F)(F)F)cc2)cn1. The van der Waals surface area contributed by atoms with Gasteiger partial charge in [0, 0.05) is 0 Å². The third-order valence-electron chi connectivity index (χ3n) is 2.65. The van der Waals surface area contributed by atoms with Gasteiger partial charge < -0.3 is 9.84 Å². The molecule has 3 nitrogen and oxygen atoms in total. The van der Waals surface area contributed by atoms with E-state index in [9.17, 15) is 13.2 Å². The summed E-state index contributed by atoms with van der Waals surface area (Å²) in [6.45, 7) is -0.00251. The first-order valence-electron chi connectivity index (χ1n) is 5.84. The van der Waals surface area contributed by atoms with Crippen molar-refractivity contribution < 1.29 is 23.0 Å². The molecule has 1 N–H and O–H groups in total. The predicted octanol–water partition coefficient (Wildman–Crippen LogP) is 3.17. The minimum absolute atomic E-state index is 0.151. The number of aliphatic hydroxyl groups is 1. The highest BCUT2D eigenvalue weighted by molar-refractivity contribution is 5.25. The number of ether oxygens (including phenoxy) is 1. The lowest BCUT2D eigenvalue weighted by molar-refractivity contribution is -0.137. The number of pyridine rings is 1. The number of aromatic nitrogens is 1.